The first kappa shape index (κ1) is 24.4. The summed E-state index contributed by atoms with van der Waals surface area (Å²) in [5.41, 5.74) is 3.24. The zero-order valence-electron chi connectivity index (χ0n) is 18.9. The third-order valence-electron chi connectivity index (χ3n) is 4.99. The van der Waals surface area contributed by atoms with Crippen LogP contribution in [0.5, 0.6) is 11.5 Å². The molecule has 0 atom stereocenters. The van der Waals surface area contributed by atoms with E-state index in [1.54, 1.807) is 25.3 Å². The molecule has 0 aliphatic carbocycles. The van der Waals surface area contributed by atoms with Gasteiger partial charge in [0.1, 0.15) is 5.52 Å². The number of hydroxylamine groups is 1. The number of nitro groups is 1. The zero-order chi connectivity index (χ0) is 24.5. The number of hydrogen-bond donors (Lipinski definition) is 1. The van der Waals surface area contributed by atoms with E-state index < -0.39 is 16.8 Å². The van der Waals surface area contributed by atoms with Crippen LogP contribution >= 0.6 is 0 Å². The lowest BCUT2D eigenvalue weighted by Crippen LogP contribution is -2.28. The number of rotatable bonds is 10. The largest absolute Gasteiger partial charge is 0.493 e. The Hall–Kier alpha value is -4.21. The predicted molar refractivity (Wildman–Crippen MR) is 124 cm³/mol. The summed E-state index contributed by atoms with van der Waals surface area (Å²) >= 11 is 0. The fourth-order valence-corrected chi connectivity index (χ4v) is 3.21. The molecule has 1 amide bonds. The third kappa shape index (κ3) is 6.18. The Morgan fingerprint density at radius 1 is 1.12 bits per heavy atom. The molecule has 10 heteroatoms. The topological polar surface area (TPSA) is 130 Å². The minimum absolute atomic E-state index is 0.0773. The van der Waals surface area contributed by atoms with Gasteiger partial charge < -0.3 is 14.3 Å². The molecular weight excluding hydrogens is 442 g/mol. The van der Waals surface area contributed by atoms with Gasteiger partial charge in [-0.25, -0.2) is 4.79 Å². The first-order valence-electron chi connectivity index (χ1n) is 10.8. The standard InChI is InChI=1S/C24H25N3O7/c1-3-4-5-12-33-23-20(32-2)11-8-17-14-18(15-25-22(17)23)24(29)34-26-21(28)13-16-6-9-19(10-7-16)27(30)31/h6-11,14-15H,3-5,12-13H2,1-2H3,(H,26,28). The van der Waals surface area contributed by atoms with Gasteiger partial charge in [-0.1, -0.05) is 31.9 Å². The van der Waals surface area contributed by atoms with Crippen LogP contribution in [0.25, 0.3) is 10.9 Å². The highest BCUT2D eigenvalue weighted by Gasteiger charge is 2.16. The van der Waals surface area contributed by atoms with E-state index in [4.69, 9.17) is 14.3 Å². The smallest absolute Gasteiger partial charge is 0.364 e. The Bertz CT molecular complexity index is 1180. The molecule has 0 saturated carbocycles. The Kier molecular flexibility index (Phi) is 8.33. The van der Waals surface area contributed by atoms with Crippen molar-refractivity contribution in [3.05, 3.63) is 69.9 Å². The number of methoxy groups -OCH3 is 1. The predicted octanol–water partition coefficient (Wildman–Crippen LogP) is 4.15. The van der Waals surface area contributed by atoms with Crippen molar-refractivity contribution >= 4 is 28.5 Å². The Morgan fingerprint density at radius 2 is 1.88 bits per heavy atom. The number of ether oxygens (including phenoxy) is 2. The number of nitrogens with zero attached hydrogens (tertiary/aromatic N) is 2. The minimum Gasteiger partial charge on any atom is -0.493 e. The van der Waals surface area contributed by atoms with Crippen molar-refractivity contribution in [2.24, 2.45) is 0 Å². The zero-order valence-corrected chi connectivity index (χ0v) is 18.9. The van der Waals surface area contributed by atoms with Gasteiger partial charge in [0.2, 0.25) is 0 Å². The highest BCUT2D eigenvalue weighted by atomic mass is 16.7. The van der Waals surface area contributed by atoms with E-state index in [1.165, 1.54) is 30.5 Å². The van der Waals surface area contributed by atoms with Crippen LogP contribution in [0, 0.1) is 10.1 Å². The Morgan fingerprint density at radius 3 is 2.56 bits per heavy atom. The van der Waals surface area contributed by atoms with E-state index in [2.05, 4.69) is 17.4 Å². The van der Waals surface area contributed by atoms with Gasteiger partial charge in [-0.3, -0.25) is 19.9 Å². The van der Waals surface area contributed by atoms with Crippen LogP contribution in [0.3, 0.4) is 0 Å². The van der Waals surface area contributed by atoms with Crippen LogP contribution < -0.4 is 15.0 Å². The Balaban J connectivity index is 1.64. The average molecular weight is 467 g/mol. The number of carbonyl (C=O) groups is 2. The molecule has 34 heavy (non-hydrogen) atoms. The number of non-ortho nitro benzene ring substituents is 1. The molecule has 1 N–H and O–H groups in total. The monoisotopic (exact) mass is 467 g/mol. The molecule has 0 bridgehead atoms. The van der Waals surface area contributed by atoms with Crippen molar-refractivity contribution in [3.63, 3.8) is 0 Å². The normalized spacial score (nSPS) is 10.5. The van der Waals surface area contributed by atoms with Gasteiger partial charge in [0, 0.05) is 23.7 Å². The molecule has 3 rings (SSSR count). The van der Waals surface area contributed by atoms with Gasteiger partial charge in [0.05, 0.1) is 30.6 Å². The number of carbonyl (C=O) groups excluding carboxylic acids is 2. The molecular formula is C24H25N3O7. The highest BCUT2D eigenvalue weighted by molar-refractivity contribution is 5.96. The minimum atomic E-state index is -0.785. The van der Waals surface area contributed by atoms with Crippen molar-refractivity contribution < 1.29 is 28.8 Å². The molecule has 0 aliphatic heterocycles. The summed E-state index contributed by atoms with van der Waals surface area (Å²) in [6, 6.07) is 10.6. The van der Waals surface area contributed by atoms with Crippen LogP contribution in [-0.4, -0.2) is 35.5 Å². The van der Waals surface area contributed by atoms with Crippen LogP contribution in [0.1, 0.15) is 42.1 Å². The lowest BCUT2D eigenvalue weighted by molar-refractivity contribution is -0.384. The molecule has 0 aliphatic rings. The molecule has 178 valence electrons. The fourth-order valence-electron chi connectivity index (χ4n) is 3.21. The summed E-state index contributed by atoms with van der Waals surface area (Å²) in [6.07, 6.45) is 4.25. The lowest BCUT2D eigenvalue weighted by Gasteiger charge is -2.13. The van der Waals surface area contributed by atoms with Gasteiger partial charge in [-0.15, -0.1) is 0 Å². The van der Waals surface area contributed by atoms with Crippen molar-refractivity contribution in [3.8, 4) is 11.5 Å². The molecule has 0 saturated heterocycles. The van der Waals surface area contributed by atoms with Gasteiger partial charge in [-0.2, -0.15) is 5.48 Å². The second-order valence-corrected chi connectivity index (χ2v) is 7.46. The molecule has 0 spiro atoms. The maximum absolute atomic E-state index is 12.4. The van der Waals surface area contributed by atoms with Crippen molar-refractivity contribution in [2.45, 2.75) is 32.6 Å². The number of amides is 1. The average Bonchev–Trinajstić information content (AvgIpc) is 2.85. The summed E-state index contributed by atoms with van der Waals surface area (Å²) < 4.78 is 11.3. The van der Waals surface area contributed by atoms with E-state index in [-0.39, 0.29) is 17.7 Å². The van der Waals surface area contributed by atoms with Crippen LogP contribution in [0.2, 0.25) is 0 Å². The number of fused-ring (bicyclic) bond motifs is 1. The molecule has 0 unspecified atom stereocenters. The highest BCUT2D eigenvalue weighted by Crippen LogP contribution is 2.34. The summed E-state index contributed by atoms with van der Waals surface area (Å²) in [7, 11) is 1.55. The molecule has 1 aromatic heterocycles. The molecule has 0 fully saturated rings. The second kappa shape index (κ2) is 11.6. The SMILES string of the molecule is CCCCCOc1c(OC)ccc2cc(C(=O)ONC(=O)Cc3ccc([N+](=O)[O-])cc3)cnc12. The molecule has 10 nitrogen and oxygen atoms in total. The van der Waals surface area contributed by atoms with Crippen molar-refractivity contribution in [1.82, 2.24) is 10.5 Å². The first-order valence-corrected chi connectivity index (χ1v) is 10.8. The van der Waals surface area contributed by atoms with Crippen LogP contribution in [-0.2, 0) is 16.1 Å². The number of hydrogen-bond acceptors (Lipinski definition) is 8. The lowest BCUT2D eigenvalue weighted by atomic mass is 10.1. The second-order valence-electron chi connectivity index (χ2n) is 7.46. The third-order valence-corrected chi connectivity index (χ3v) is 4.99. The first-order chi connectivity index (χ1) is 16.4. The van der Waals surface area contributed by atoms with Gasteiger partial charge in [0.15, 0.2) is 11.5 Å². The fraction of sp³-hybridized carbons (Fsp3) is 0.292. The number of unbranched alkanes of at least 4 members (excludes halogenated alkanes) is 2. The number of nitro benzene ring substituents is 1. The number of pyridine rings is 1. The Labute approximate surface area is 195 Å². The molecule has 2 aromatic carbocycles. The van der Waals surface area contributed by atoms with Crippen LogP contribution in [0.15, 0.2) is 48.7 Å². The molecule has 1 heterocycles. The number of benzene rings is 2. The van der Waals surface area contributed by atoms with Gasteiger partial charge in [-0.05, 0) is 30.2 Å². The van der Waals surface area contributed by atoms with Gasteiger partial charge in [0.25, 0.3) is 11.6 Å². The van der Waals surface area contributed by atoms with E-state index in [9.17, 15) is 19.7 Å². The van der Waals surface area contributed by atoms with E-state index in [0.29, 0.717) is 34.6 Å². The summed E-state index contributed by atoms with van der Waals surface area (Å²) in [5.74, 6) is -0.311. The maximum Gasteiger partial charge on any atom is 0.364 e. The van der Waals surface area contributed by atoms with E-state index >= 15 is 0 Å². The molecule has 0 radical (unpaired) electrons. The summed E-state index contributed by atoms with van der Waals surface area (Å²) in [5, 5.41) is 11.4. The van der Waals surface area contributed by atoms with Gasteiger partial charge >= 0.3 is 5.97 Å². The van der Waals surface area contributed by atoms with Crippen LogP contribution in [0.4, 0.5) is 5.69 Å². The number of aromatic nitrogens is 1. The molecule has 3 aromatic rings. The van der Waals surface area contributed by atoms with E-state index in [1.807, 2.05) is 0 Å². The summed E-state index contributed by atoms with van der Waals surface area (Å²) in [4.78, 5) is 43.9. The van der Waals surface area contributed by atoms with E-state index in [0.717, 1.165) is 19.3 Å². The summed E-state index contributed by atoms with van der Waals surface area (Å²) in [6.45, 7) is 2.63. The van der Waals surface area contributed by atoms with Crippen molar-refractivity contribution in [2.75, 3.05) is 13.7 Å². The quantitative estimate of drug-likeness (QED) is 0.267. The van der Waals surface area contributed by atoms with Crippen molar-refractivity contribution in [1.29, 1.82) is 0 Å². The number of nitrogens with one attached hydrogen (secondary N) is 1. The maximum atomic E-state index is 12.4.